The number of methoxy groups -OCH3 is 1. The molecule has 2 N–H and O–H groups in total. The number of nitriles is 1. The summed E-state index contributed by atoms with van der Waals surface area (Å²) < 4.78 is 5.33. The Bertz CT molecular complexity index is 402. The third kappa shape index (κ3) is 2.13. The van der Waals surface area contributed by atoms with Gasteiger partial charge in [0.2, 0.25) is 0 Å². The first-order valence-corrected chi connectivity index (χ1v) is 6.13. The number of nitrogen functional groups attached to an aromatic ring is 1. The fourth-order valence-corrected chi connectivity index (χ4v) is 2.88. The maximum atomic E-state index is 8.85. The number of nitrogens with zero attached hydrogens (tertiary/aromatic N) is 2. The van der Waals surface area contributed by atoms with Crippen LogP contribution in [0.25, 0.3) is 0 Å². The van der Waals surface area contributed by atoms with Gasteiger partial charge in [-0.3, -0.25) is 0 Å². The number of piperidine rings is 1. The van der Waals surface area contributed by atoms with E-state index >= 15 is 0 Å². The number of rotatable bonds is 2. The standard InChI is InChI=1S/C11H15N3OS/c1-15-8-2-4-14(5-3-8)11-6-9(13)10(7-12)16-11/h6,8H,2-5,13H2,1H3. The van der Waals surface area contributed by atoms with Crippen LogP contribution in [0.1, 0.15) is 17.7 Å². The lowest BCUT2D eigenvalue weighted by atomic mass is 10.1. The quantitative estimate of drug-likeness (QED) is 0.852. The van der Waals surface area contributed by atoms with Gasteiger partial charge in [-0.1, -0.05) is 0 Å². The monoisotopic (exact) mass is 237 g/mol. The van der Waals surface area contributed by atoms with Crippen LogP contribution in [0, 0.1) is 11.3 Å². The highest BCUT2D eigenvalue weighted by Crippen LogP contribution is 2.33. The van der Waals surface area contributed by atoms with Crippen molar-refractivity contribution >= 4 is 22.0 Å². The molecule has 0 bridgehead atoms. The van der Waals surface area contributed by atoms with Crippen molar-refractivity contribution in [2.24, 2.45) is 0 Å². The molecule has 0 amide bonds. The number of anilines is 2. The molecule has 5 heteroatoms. The summed E-state index contributed by atoms with van der Waals surface area (Å²) in [5.41, 5.74) is 6.34. The molecule has 0 radical (unpaired) electrons. The predicted molar refractivity (Wildman–Crippen MR) is 65.7 cm³/mol. The van der Waals surface area contributed by atoms with Crippen LogP contribution in [-0.4, -0.2) is 26.3 Å². The smallest absolute Gasteiger partial charge is 0.129 e. The van der Waals surface area contributed by atoms with E-state index in [-0.39, 0.29) is 0 Å². The van der Waals surface area contributed by atoms with Gasteiger partial charge < -0.3 is 15.4 Å². The van der Waals surface area contributed by atoms with E-state index in [0.717, 1.165) is 30.9 Å². The first kappa shape index (κ1) is 11.2. The van der Waals surface area contributed by atoms with E-state index in [0.29, 0.717) is 16.7 Å². The van der Waals surface area contributed by atoms with Gasteiger partial charge in [0.1, 0.15) is 10.9 Å². The Hall–Kier alpha value is -1.25. The van der Waals surface area contributed by atoms with Crippen molar-refractivity contribution < 1.29 is 4.74 Å². The highest BCUT2D eigenvalue weighted by Gasteiger charge is 2.20. The molecule has 0 spiro atoms. The lowest BCUT2D eigenvalue weighted by Crippen LogP contribution is -2.36. The number of nitrogens with two attached hydrogens (primary N) is 1. The molecule has 0 unspecified atom stereocenters. The molecule has 86 valence electrons. The van der Waals surface area contributed by atoms with E-state index in [1.807, 2.05) is 6.07 Å². The zero-order valence-corrected chi connectivity index (χ0v) is 10.1. The van der Waals surface area contributed by atoms with Gasteiger partial charge in [0, 0.05) is 20.2 Å². The van der Waals surface area contributed by atoms with Gasteiger partial charge in [-0.05, 0) is 18.9 Å². The summed E-state index contributed by atoms with van der Waals surface area (Å²) in [5, 5.41) is 9.95. The fourth-order valence-electron chi connectivity index (χ4n) is 1.95. The van der Waals surface area contributed by atoms with Crippen molar-refractivity contribution in [1.82, 2.24) is 0 Å². The largest absolute Gasteiger partial charge is 0.397 e. The molecule has 1 aromatic rings. The zero-order chi connectivity index (χ0) is 11.5. The zero-order valence-electron chi connectivity index (χ0n) is 9.27. The Balaban J connectivity index is 2.06. The van der Waals surface area contributed by atoms with E-state index in [9.17, 15) is 0 Å². The molecule has 2 rings (SSSR count). The second-order valence-electron chi connectivity index (χ2n) is 3.90. The molecule has 0 saturated carbocycles. The second-order valence-corrected chi connectivity index (χ2v) is 4.93. The maximum absolute atomic E-state index is 8.85. The van der Waals surface area contributed by atoms with E-state index in [1.54, 1.807) is 7.11 Å². The molecule has 2 heterocycles. The lowest BCUT2D eigenvalue weighted by Gasteiger charge is -2.31. The Morgan fingerprint density at radius 2 is 2.25 bits per heavy atom. The minimum absolute atomic E-state index is 0.379. The maximum Gasteiger partial charge on any atom is 0.129 e. The minimum Gasteiger partial charge on any atom is -0.397 e. The van der Waals surface area contributed by atoms with Gasteiger partial charge in [-0.15, -0.1) is 11.3 Å². The van der Waals surface area contributed by atoms with Crippen molar-refractivity contribution in [3.05, 3.63) is 10.9 Å². The molecule has 1 fully saturated rings. The van der Waals surface area contributed by atoms with Crippen LogP contribution in [0.15, 0.2) is 6.07 Å². The SMILES string of the molecule is COC1CCN(c2cc(N)c(C#N)s2)CC1. The van der Waals surface area contributed by atoms with Gasteiger partial charge in [0.05, 0.1) is 16.8 Å². The molecule has 4 nitrogen and oxygen atoms in total. The van der Waals surface area contributed by atoms with Crippen LogP contribution < -0.4 is 10.6 Å². The van der Waals surface area contributed by atoms with Crippen LogP contribution in [0.4, 0.5) is 10.7 Å². The van der Waals surface area contributed by atoms with Crippen molar-refractivity contribution in [1.29, 1.82) is 5.26 Å². The summed E-state index contributed by atoms with van der Waals surface area (Å²) >= 11 is 1.47. The number of hydrogen-bond acceptors (Lipinski definition) is 5. The first-order chi connectivity index (χ1) is 7.74. The van der Waals surface area contributed by atoms with E-state index < -0.39 is 0 Å². The summed E-state index contributed by atoms with van der Waals surface area (Å²) in [7, 11) is 1.76. The average Bonchev–Trinajstić information content (AvgIpc) is 2.71. The van der Waals surface area contributed by atoms with Crippen molar-refractivity contribution in [2.45, 2.75) is 18.9 Å². The number of hydrogen-bond donors (Lipinski definition) is 1. The molecule has 0 aliphatic carbocycles. The molecule has 0 aromatic carbocycles. The molecular weight excluding hydrogens is 222 g/mol. The van der Waals surface area contributed by atoms with Gasteiger partial charge in [-0.2, -0.15) is 5.26 Å². The van der Waals surface area contributed by atoms with E-state index in [4.69, 9.17) is 15.7 Å². The topological polar surface area (TPSA) is 62.3 Å². The van der Waals surface area contributed by atoms with Crippen molar-refractivity contribution in [3.63, 3.8) is 0 Å². The summed E-state index contributed by atoms with van der Waals surface area (Å²) in [6.07, 6.45) is 2.45. The lowest BCUT2D eigenvalue weighted by molar-refractivity contribution is 0.0820. The second kappa shape index (κ2) is 4.73. The van der Waals surface area contributed by atoms with Crippen molar-refractivity contribution in [3.8, 4) is 6.07 Å². The molecule has 0 atom stereocenters. The summed E-state index contributed by atoms with van der Waals surface area (Å²) in [6.45, 7) is 1.95. The number of thiophene rings is 1. The Morgan fingerprint density at radius 3 is 2.75 bits per heavy atom. The molecule has 1 saturated heterocycles. The minimum atomic E-state index is 0.379. The van der Waals surface area contributed by atoms with Gasteiger partial charge in [-0.25, -0.2) is 0 Å². The Labute approximate surface area is 99.2 Å². The van der Waals surface area contributed by atoms with Crippen LogP contribution in [0.5, 0.6) is 0 Å². The van der Waals surface area contributed by atoms with Gasteiger partial charge >= 0.3 is 0 Å². The predicted octanol–water partition coefficient (Wildman–Crippen LogP) is 1.82. The van der Waals surface area contributed by atoms with Crippen LogP contribution in [0.2, 0.25) is 0 Å². The van der Waals surface area contributed by atoms with Gasteiger partial charge in [0.25, 0.3) is 0 Å². The van der Waals surface area contributed by atoms with Gasteiger partial charge in [0.15, 0.2) is 0 Å². The summed E-state index contributed by atoms with van der Waals surface area (Å²) in [4.78, 5) is 2.89. The van der Waals surface area contributed by atoms with E-state index in [1.165, 1.54) is 11.3 Å². The van der Waals surface area contributed by atoms with Crippen LogP contribution in [0.3, 0.4) is 0 Å². The Morgan fingerprint density at radius 1 is 1.56 bits per heavy atom. The van der Waals surface area contributed by atoms with Crippen LogP contribution in [-0.2, 0) is 4.74 Å². The fraction of sp³-hybridized carbons (Fsp3) is 0.545. The molecule has 1 aromatic heterocycles. The highest BCUT2D eigenvalue weighted by atomic mass is 32.1. The normalized spacial score (nSPS) is 17.4. The molecular formula is C11H15N3OS. The van der Waals surface area contributed by atoms with Crippen LogP contribution >= 0.6 is 11.3 Å². The summed E-state index contributed by atoms with van der Waals surface area (Å²) in [6, 6.07) is 4.02. The highest BCUT2D eigenvalue weighted by molar-refractivity contribution is 7.17. The first-order valence-electron chi connectivity index (χ1n) is 5.31. The van der Waals surface area contributed by atoms with Crippen molar-refractivity contribution in [2.75, 3.05) is 30.8 Å². The Kier molecular flexibility index (Phi) is 3.32. The third-order valence-electron chi connectivity index (χ3n) is 2.94. The molecule has 1 aliphatic heterocycles. The third-order valence-corrected chi connectivity index (χ3v) is 4.05. The average molecular weight is 237 g/mol. The van der Waals surface area contributed by atoms with E-state index in [2.05, 4.69) is 11.0 Å². The summed E-state index contributed by atoms with van der Waals surface area (Å²) in [5.74, 6) is 0. The number of ether oxygens (including phenoxy) is 1. The molecule has 16 heavy (non-hydrogen) atoms. The molecule has 1 aliphatic rings.